The van der Waals surface area contributed by atoms with E-state index < -0.39 is 0 Å². The standard InChI is InChI=1S/C12H17NO/c1-13(2)12(9-14)8-7-10-5-3-4-6-11(10)12/h3-6,14H,7-9H2,1-2H3. The highest BCUT2D eigenvalue weighted by Crippen LogP contribution is 2.39. The van der Waals surface area contributed by atoms with Gasteiger partial charge in [-0.3, -0.25) is 4.90 Å². The van der Waals surface area contributed by atoms with E-state index in [4.69, 9.17) is 0 Å². The number of rotatable bonds is 2. The molecule has 0 aliphatic heterocycles. The van der Waals surface area contributed by atoms with E-state index in [-0.39, 0.29) is 12.1 Å². The Bertz CT molecular complexity index is 335. The largest absolute Gasteiger partial charge is 0.394 e. The summed E-state index contributed by atoms with van der Waals surface area (Å²) in [6.45, 7) is 0.205. The van der Waals surface area contributed by atoms with Gasteiger partial charge < -0.3 is 5.11 Å². The lowest BCUT2D eigenvalue weighted by Crippen LogP contribution is -2.42. The number of fused-ring (bicyclic) bond motifs is 1. The Morgan fingerprint density at radius 2 is 2.07 bits per heavy atom. The van der Waals surface area contributed by atoms with Crippen LogP contribution in [-0.2, 0) is 12.0 Å². The van der Waals surface area contributed by atoms with Gasteiger partial charge in [-0.25, -0.2) is 0 Å². The minimum Gasteiger partial charge on any atom is -0.394 e. The summed E-state index contributed by atoms with van der Waals surface area (Å²) in [5.41, 5.74) is 2.54. The van der Waals surface area contributed by atoms with Gasteiger partial charge in [0.25, 0.3) is 0 Å². The number of aryl methyl sites for hydroxylation is 1. The lowest BCUT2D eigenvalue weighted by Gasteiger charge is -2.35. The van der Waals surface area contributed by atoms with Crippen LogP contribution >= 0.6 is 0 Å². The molecule has 1 aliphatic rings. The first-order chi connectivity index (χ1) is 6.70. The molecule has 1 aromatic carbocycles. The molecule has 0 bridgehead atoms. The molecule has 0 radical (unpaired) electrons. The van der Waals surface area contributed by atoms with Crippen LogP contribution in [0, 0.1) is 0 Å². The van der Waals surface area contributed by atoms with Crippen LogP contribution < -0.4 is 0 Å². The van der Waals surface area contributed by atoms with E-state index in [0.29, 0.717) is 0 Å². The highest BCUT2D eigenvalue weighted by Gasteiger charge is 2.39. The maximum Gasteiger partial charge on any atom is 0.0694 e. The predicted octanol–water partition coefficient (Wildman–Crippen LogP) is 1.38. The average Bonchev–Trinajstić information content (AvgIpc) is 2.57. The van der Waals surface area contributed by atoms with Crippen molar-refractivity contribution >= 4 is 0 Å². The summed E-state index contributed by atoms with van der Waals surface area (Å²) in [4.78, 5) is 2.14. The summed E-state index contributed by atoms with van der Waals surface area (Å²) in [6, 6.07) is 8.43. The normalized spacial score (nSPS) is 25.4. The molecule has 0 fully saturated rings. The second-order valence-corrected chi connectivity index (χ2v) is 4.24. The molecule has 1 N–H and O–H groups in total. The first-order valence-corrected chi connectivity index (χ1v) is 5.07. The number of aliphatic hydroxyl groups is 1. The zero-order chi connectivity index (χ0) is 10.2. The molecule has 0 saturated carbocycles. The van der Waals surface area contributed by atoms with Crippen molar-refractivity contribution in [3.8, 4) is 0 Å². The van der Waals surface area contributed by atoms with E-state index in [1.165, 1.54) is 11.1 Å². The quantitative estimate of drug-likeness (QED) is 0.763. The van der Waals surface area contributed by atoms with Crippen LogP contribution in [0.25, 0.3) is 0 Å². The maximum atomic E-state index is 9.59. The lowest BCUT2D eigenvalue weighted by atomic mass is 9.91. The Morgan fingerprint density at radius 3 is 2.71 bits per heavy atom. The molecular weight excluding hydrogens is 174 g/mol. The lowest BCUT2D eigenvalue weighted by molar-refractivity contribution is 0.0674. The third kappa shape index (κ3) is 1.18. The van der Waals surface area contributed by atoms with Crippen molar-refractivity contribution in [3.63, 3.8) is 0 Å². The van der Waals surface area contributed by atoms with Crippen LogP contribution in [0.4, 0.5) is 0 Å². The molecule has 14 heavy (non-hydrogen) atoms. The number of hydrogen-bond acceptors (Lipinski definition) is 2. The van der Waals surface area contributed by atoms with Crippen LogP contribution in [0.5, 0.6) is 0 Å². The number of aliphatic hydroxyl groups excluding tert-OH is 1. The zero-order valence-corrected chi connectivity index (χ0v) is 8.83. The third-order valence-electron chi connectivity index (χ3n) is 3.44. The summed E-state index contributed by atoms with van der Waals surface area (Å²) in [5.74, 6) is 0. The van der Waals surface area contributed by atoms with Gasteiger partial charge in [0.05, 0.1) is 12.1 Å². The summed E-state index contributed by atoms with van der Waals surface area (Å²) in [7, 11) is 4.08. The molecule has 1 aliphatic carbocycles. The van der Waals surface area contributed by atoms with Gasteiger partial charge in [-0.05, 0) is 38.1 Å². The van der Waals surface area contributed by atoms with Crippen LogP contribution in [-0.4, -0.2) is 30.7 Å². The van der Waals surface area contributed by atoms with Crippen molar-refractivity contribution in [2.24, 2.45) is 0 Å². The summed E-state index contributed by atoms with van der Waals surface area (Å²) >= 11 is 0. The fourth-order valence-electron chi connectivity index (χ4n) is 2.44. The second kappa shape index (κ2) is 3.37. The van der Waals surface area contributed by atoms with Gasteiger partial charge in [0, 0.05) is 0 Å². The van der Waals surface area contributed by atoms with Gasteiger partial charge in [0.2, 0.25) is 0 Å². The number of benzene rings is 1. The third-order valence-corrected chi connectivity index (χ3v) is 3.44. The van der Waals surface area contributed by atoms with Gasteiger partial charge in [0.15, 0.2) is 0 Å². The number of hydrogen-bond donors (Lipinski definition) is 1. The molecule has 0 heterocycles. The van der Waals surface area contributed by atoms with E-state index in [1.807, 2.05) is 14.1 Å². The fraction of sp³-hybridized carbons (Fsp3) is 0.500. The van der Waals surface area contributed by atoms with Gasteiger partial charge in [-0.2, -0.15) is 0 Å². The molecule has 0 spiro atoms. The molecule has 1 atom stereocenters. The highest BCUT2D eigenvalue weighted by atomic mass is 16.3. The molecule has 0 aromatic heterocycles. The van der Waals surface area contributed by atoms with E-state index in [2.05, 4.69) is 29.2 Å². The Kier molecular flexibility index (Phi) is 2.33. The van der Waals surface area contributed by atoms with E-state index in [1.54, 1.807) is 0 Å². The fourth-order valence-corrected chi connectivity index (χ4v) is 2.44. The molecule has 2 rings (SSSR count). The molecule has 0 amide bonds. The monoisotopic (exact) mass is 191 g/mol. The van der Waals surface area contributed by atoms with Crippen LogP contribution in [0.15, 0.2) is 24.3 Å². The minimum absolute atomic E-state index is 0.142. The first-order valence-electron chi connectivity index (χ1n) is 5.07. The van der Waals surface area contributed by atoms with Crippen molar-refractivity contribution in [2.75, 3.05) is 20.7 Å². The average molecular weight is 191 g/mol. The maximum absolute atomic E-state index is 9.59. The smallest absolute Gasteiger partial charge is 0.0694 e. The van der Waals surface area contributed by atoms with Crippen LogP contribution in [0.3, 0.4) is 0 Å². The summed E-state index contributed by atoms with van der Waals surface area (Å²) in [5, 5.41) is 9.59. The molecule has 0 saturated heterocycles. The molecular formula is C12H17NO. The molecule has 2 heteroatoms. The Morgan fingerprint density at radius 1 is 1.36 bits per heavy atom. The van der Waals surface area contributed by atoms with Gasteiger partial charge in [0.1, 0.15) is 0 Å². The number of likely N-dealkylation sites (N-methyl/N-ethyl adjacent to an activating group) is 1. The van der Waals surface area contributed by atoms with E-state index in [0.717, 1.165) is 12.8 Å². The summed E-state index contributed by atoms with van der Waals surface area (Å²) in [6.07, 6.45) is 2.10. The molecule has 2 nitrogen and oxygen atoms in total. The zero-order valence-electron chi connectivity index (χ0n) is 8.83. The minimum atomic E-state index is -0.142. The van der Waals surface area contributed by atoms with Gasteiger partial charge >= 0.3 is 0 Å². The molecule has 1 unspecified atom stereocenters. The van der Waals surface area contributed by atoms with Gasteiger partial charge in [-0.15, -0.1) is 0 Å². The summed E-state index contributed by atoms with van der Waals surface area (Å²) < 4.78 is 0. The van der Waals surface area contributed by atoms with Crippen molar-refractivity contribution < 1.29 is 5.11 Å². The topological polar surface area (TPSA) is 23.5 Å². The van der Waals surface area contributed by atoms with Gasteiger partial charge in [-0.1, -0.05) is 24.3 Å². The van der Waals surface area contributed by atoms with E-state index in [9.17, 15) is 5.11 Å². The van der Waals surface area contributed by atoms with Crippen molar-refractivity contribution in [1.29, 1.82) is 0 Å². The van der Waals surface area contributed by atoms with E-state index >= 15 is 0 Å². The Labute approximate surface area is 85.2 Å². The van der Waals surface area contributed by atoms with Crippen molar-refractivity contribution in [3.05, 3.63) is 35.4 Å². The number of nitrogens with zero attached hydrogens (tertiary/aromatic N) is 1. The van der Waals surface area contributed by atoms with Crippen molar-refractivity contribution in [1.82, 2.24) is 4.90 Å². The van der Waals surface area contributed by atoms with Crippen LogP contribution in [0.1, 0.15) is 17.5 Å². The van der Waals surface area contributed by atoms with Crippen LogP contribution in [0.2, 0.25) is 0 Å². The Hall–Kier alpha value is -0.860. The SMILES string of the molecule is CN(C)C1(CO)CCc2ccccc21. The van der Waals surface area contributed by atoms with Crippen molar-refractivity contribution in [2.45, 2.75) is 18.4 Å². The Balaban J connectivity index is 2.50. The second-order valence-electron chi connectivity index (χ2n) is 4.24. The molecule has 1 aromatic rings. The predicted molar refractivity (Wildman–Crippen MR) is 57.2 cm³/mol. The highest BCUT2D eigenvalue weighted by molar-refractivity contribution is 5.38. The molecule has 76 valence electrons. The first kappa shape index (κ1) is 9.69.